The van der Waals surface area contributed by atoms with E-state index in [1.54, 1.807) is 0 Å². The predicted octanol–water partition coefficient (Wildman–Crippen LogP) is -2.54. The summed E-state index contributed by atoms with van der Waals surface area (Å²) in [4.78, 5) is 10.6. The summed E-state index contributed by atoms with van der Waals surface area (Å²) < 4.78 is 40.5. The number of carbonyl (C=O) groups is 1. The lowest BCUT2D eigenvalue weighted by atomic mass is 9.97. The van der Waals surface area contributed by atoms with E-state index in [2.05, 4.69) is 4.74 Å². The number of nitrogens with one attached hydrogen (secondary N) is 1. The van der Waals surface area contributed by atoms with E-state index in [0.29, 0.717) is 0 Å². The number of carbonyl (C=O) groups excluding carboxylic acids is 1. The van der Waals surface area contributed by atoms with Crippen molar-refractivity contribution in [3.8, 4) is 0 Å². The van der Waals surface area contributed by atoms with Gasteiger partial charge < -0.3 is 30.5 Å². The molecule has 0 aromatic heterocycles. The molecule has 1 amide bonds. The van der Waals surface area contributed by atoms with Crippen LogP contribution in [0.2, 0.25) is 0 Å². The normalized spacial score (nSPS) is 37.4. The molecule has 0 bridgehead atoms. The third kappa shape index (κ3) is 3.09. The summed E-state index contributed by atoms with van der Waals surface area (Å²) in [5.41, 5.74) is 0. The maximum absolute atomic E-state index is 12.0. The number of aliphatic hydroxyl groups excluding tert-OH is 4. The summed E-state index contributed by atoms with van der Waals surface area (Å²) in [6, 6.07) is -1.85. The van der Waals surface area contributed by atoms with Gasteiger partial charge in [-0.25, -0.2) is 0 Å². The predicted molar refractivity (Wildman–Crippen MR) is 48.0 cm³/mol. The maximum Gasteiger partial charge on any atom is 0.471 e. The fourth-order valence-corrected chi connectivity index (χ4v) is 1.49. The quantitative estimate of drug-likeness (QED) is 0.379. The fourth-order valence-electron chi connectivity index (χ4n) is 1.49. The molecule has 0 saturated carbocycles. The zero-order valence-electron chi connectivity index (χ0n) is 8.83. The Labute approximate surface area is 98.8 Å². The summed E-state index contributed by atoms with van der Waals surface area (Å²) in [5, 5.41) is 38.1. The fraction of sp³-hybridized carbons (Fsp3) is 0.875. The molecule has 7 nitrogen and oxygen atoms in total. The topological polar surface area (TPSA) is 119 Å². The molecule has 1 saturated heterocycles. The lowest BCUT2D eigenvalue weighted by Gasteiger charge is -2.40. The number of amides is 1. The Balaban J connectivity index is 2.74. The van der Waals surface area contributed by atoms with E-state index in [1.165, 1.54) is 5.32 Å². The number of aliphatic hydroxyl groups is 4. The van der Waals surface area contributed by atoms with Gasteiger partial charge in [-0.2, -0.15) is 13.2 Å². The lowest BCUT2D eigenvalue weighted by molar-refractivity contribution is -0.256. The molecule has 0 radical (unpaired) electrons. The second kappa shape index (κ2) is 5.36. The third-order valence-corrected chi connectivity index (χ3v) is 2.46. The Bertz CT molecular complexity index is 312. The van der Waals surface area contributed by atoms with Crippen LogP contribution in [0, 0.1) is 0 Å². The molecule has 106 valence electrons. The van der Waals surface area contributed by atoms with E-state index in [4.69, 9.17) is 5.11 Å². The Kier molecular flexibility index (Phi) is 4.50. The van der Waals surface area contributed by atoms with Crippen LogP contribution in [-0.4, -0.2) is 69.8 Å². The van der Waals surface area contributed by atoms with Gasteiger partial charge in [-0.05, 0) is 0 Å². The van der Waals surface area contributed by atoms with Gasteiger partial charge in [0.05, 0.1) is 6.61 Å². The number of halogens is 3. The summed E-state index contributed by atoms with van der Waals surface area (Å²) in [6.07, 6.45) is -12.2. The first-order valence-electron chi connectivity index (χ1n) is 4.86. The first-order valence-corrected chi connectivity index (χ1v) is 4.86. The van der Waals surface area contributed by atoms with Crippen molar-refractivity contribution in [2.45, 2.75) is 36.8 Å². The molecule has 18 heavy (non-hydrogen) atoms. The second-order valence-electron chi connectivity index (χ2n) is 3.73. The zero-order chi connectivity index (χ0) is 14.1. The Morgan fingerprint density at radius 2 is 1.78 bits per heavy atom. The Morgan fingerprint density at radius 1 is 1.22 bits per heavy atom. The van der Waals surface area contributed by atoms with Gasteiger partial charge in [0.15, 0.2) is 6.29 Å². The number of hydrogen-bond donors (Lipinski definition) is 5. The second-order valence-corrected chi connectivity index (χ2v) is 3.73. The summed E-state index contributed by atoms with van der Waals surface area (Å²) >= 11 is 0. The van der Waals surface area contributed by atoms with E-state index in [-0.39, 0.29) is 0 Å². The molecule has 1 aliphatic rings. The van der Waals surface area contributed by atoms with Crippen LogP contribution in [0.4, 0.5) is 13.2 Å². The van der Waals surface area contributed by atoms with Gasteiger partial charge >= 0.3 is 12.1 Å². The number of hydrogen-bond acceptors (Lipinski definition) is 6. The largest absolute Gasteiger partial charge is 0.471 e. The summed E-state index contributed by atoms with van der Waals surface area (Å²) in [7, 11) is 0. The van der Waals surface area contributed by atoms with Crippen LogP contribution < -0.4 is 5.32 Å². The smallest absolute Gasteiger partial charge is 0.394 e. The SMILES string of the molecule is O=C(N[C@H]1C(O)OC(CO)[C@@H](O)C1O)C(F)(F)F. The highest BCUT2D eigenvalue weighted by molar-refractivity contribution is 5.82. The molecule has 0 aromatic rings. The van der Waals surface area contributed by atoms with Gasteiger partial charge in [-0.15, -0.1) is 0 Å². The molecule has 1 aliphatic heterocycles. The summed E-state index contributed by atoms with van der Waals surface area (Å²) in [6.45, 7) is -0.755. The van der Waals surface area contributed by atoms with Crippen LogP contribution in [0.1, 0.15) is 0 Å². The minimum absolute atomic E-state index is 0.755. The highest BCUT2D eigenvalue weighted by atomic mass is 19.4. The minimum Gasteiger partial charge on any atom is -0.394 e. The van der Waals surface area contributed by atoms with Crippen molar-refractivity contribution < 1.29 is 43.1 Å². The first-order chi connectivity index (χ1) is 8.18. The molecule has 1 rings (SSSR count). The molecule has 3 unspecified atom stereocenters. The number of rotatable bonds is 2. The molecule has 5 atom stereocenters. The van der Waals surface area contributed by atoms with Crippen LogP contribution in [0.25, 0.3) is 0 Å². The third-order valence-electron chi connectivity index (χ3n) is 2.46. The van der Waals surface area contributed by atoms with E-state index in [0.717, 1.165) is 0 Å². The van der Waals surface area contributed by atoms with Crippen LogP contribution in [0.15, 0.2) is 0 Å². The van der Waals surface area contributed by atoms with Gasteiger partial charge in [0.1, 0.15) is 24.4 Å². The monoisotopic (exact) mass is 275 g/mol. The molecule has 1 fully saturated rings. The molecule has 1 heterocycles. The van der Waals surface area contributed by atoms with Crippen molar-refractivity contribution in [3.05, 3.63) is 0 Å². The molecular formula is C8H12F3NO6. The molecule has 0 spiro atoms. The number of alkyl halides is 3. The minimum atomic E-state index is -5.20. The van der Waals surface area contributed by atoms with Gasteiger partial charge in [0.25, 0.3) is 0 Å². The standard InChI is InChI=1S/C8H12F3NO6/c9-8(10,11)7(17)12-3-5(15)4(14)2(1-13)18-6(3)16/h2-6,13-16H,1H2,(H,12,17)/t2?,3-,4-,5?,6?/m1/s1. The lowest BCUT2D eigenvalue weighted by Crippen LogP contribution is -2.65. The van der Waals surface area contributed by atoms with E-state index < -0.39 is 49.3 Å². The average Bonchev–Trinajstić information content (AvgIpc) is 2.27. The Morgan fingerprint density at radius 3 is 2.22 bits per heavy atom. The first kappa shape index (κ1) is 15.1. The molecule has 0 aliphatic carbocycles. The van der Waals surface area contributed by atoms with Crippen molar-refractivity contribution in [1.29, 1.82) is 0 Å². The van der Waals surface area contributed by atoms with Crippen LogP contribution >= 0.6 is 0 Å². The van der Waals surface area contributed by atoms with Crippen LogP contribution in [0.3, 0.4) is 0 Å². The number of ether oxygens (including phenoxy) is 1. The average molecular weight is 275 g/mol. The Hall–Kier alpha value is -0.940. The molecule has 10 heteroatoms. The highest BCUT2D eigenvalue weighted by Crippen LogP contribution is 2.21. The summed E-state index contributed by atoms with van der Waals surface area (Å²) in [5.74, 6) is -2.39. The van der Waals surface area contributed by atoms with Gasteiger partial charge in [-0.3, -0.25) is 4.79 Å². The van der Waals surface area contributed by atoms with Gasteiger partial charge in [0, 0.05) is 0 Å². The van der Waals surface area contributed by atoms with E-state index >= 15 is 0 Å². The van der Waals surface area contributed by atoms with Crippen LogP contribution in [-0.2, 0) is 9.53 Å². The van der Waals surface area contributed by atoms with Crippen molar-refractivity contribution in [3.63, 3.8) is 0 Å². The van der Waals surface area contributed by atoms with E-state index in [9.17, 15) is 33.3 Å². The van der Waals surface area contributed by atoms with Crippen molar-refractivity contribution >= 4 is 5.91 Å². The van der Waals surface area contributed by atoms with Gasteiger partial charge in [-0.1, -0.05) is 0 Å². The molecular weight excluding hydrogens is 263 g/mol. The maximum atomic E-state index is 12.0. The highest BCUT2D eigenvalue weighted by Gasteiger charge is 2.48. The van der Waals surface area contributed by atoms with Crippen molar-refractivity contribution in [2.75, 3.05) is 6.61 Å². The van der Waals surface area contributed by atoms with E-state index in [1.807, 2.05) is 0 Å². The molecule has 0 aromatic carbocycles. The van der Waals surface area contributed by atoms with Gasteiger partial charge in [0.2, 0.25) is 0 Å². The van der Waals surface area contributed by atoms with Crippen LogP contribution in [0.5, 0.6) is 0 Å². The van der Waals surface area contributed by atoms with Crippen molar-refractivity contribution in [2.24, 2.45) is 0 Å². The van der Waals surface area contributed by atoms with Crippen molar-refractivity contribution in [1.82, 2.24) is 5.32 Å². The molecule has 5 N–H and O–H groups in total. The zero-order valence-corrected chi connectivity index (χ0v) is 8.83.